The lowest BCUT2D eigenvalue weighted by molar-refractivity contribution is -0.154. The number of aromatic nitrogens is 3. The largest absolute Gasteiger partial charge is 0.468 e. The molecule has 3 aromatic rings. The third kappa shape index (κ3) is 4.61. The van der Waals surface area contributed by atoms with Gasteiger partial charge in [0.2, 0.25) is 5.88 Å². The highest BCUT2D eigenvalue weighted by molar-refractivity contribution is 7.17. The van der Waals surface area contributed by atoms with E-state index in [0.717, 1.165) is 6.20 Å². The van der Waals surface area contributed by atoms with Crippen molar-refractivity contribution in [3.63, 3.8) is 0 Å². The lowest BCUT2D eigenvalue weighted by Crippen LogP contribution is -2.28. The number of aromatic amines is 1. The maximum Gasteiger partial charge on any atom is 0.422 e. The fourth-order valence-electron chi connectivity index (χ4n) is 2.26. The van der Waals surface area contributed by atoms with Crippen LogP contribution in [0.4, 0.5) is 13.2 Å². The third-order valence-corrected chi connectivity index (χ3v) is 4.37. The molecule has 0 atom stereocenters. The van der Waals surface area contributed by atoms with E-state index in [4.69, 9.17) is 0 Å². The summed E-state index contributed by atoms with van der Waals surface area (Å²) >= 11 is 1.27. The Morgan fingerprint density at radius 3 is 2.78 bits per heavy atom. The molecule has 27 heavy (non-hydrogen) atoms. The minimum absolute atomic E-state index is 0.0478. The first-order chi connectivity index (χ1) is 12.7. The van der Waals surface area contributed by atoms with Crippen LogP contribution in [-0.4, -0.2) is 45.6 Å². The van der Waals surface area contributed by atoms with Gasteiger partial charge in [-0.15, -0.1) is 11.3 Å². The average molecular weight is 398 g/mol. The topological polar surface area (TPSA) is 88.2 Å². The van der Waals surface area contributed by atoms with Gasteiger partial charge in [-0.3, -0.25) is 9.59 Å². The van der Waals surface area contributed by atoms with Crippen molar-refractivity contribution >= 4 is 27.5 Å². The lowest BCUT2D eigenvalue weighted by Gasteiger charge is -2.16. The maximum atomic E-state index is 12.4. The molecular weight excluding hydrogens is 385 g/mol. The van der Waals surface area contributed by atoms with E-state index in [2.05, 4.69) is 19.7 Å². The molecular formula is C16H13F3N4O3S. The summed E-state index contributed by atoms with van der Waals surface area (Å²) < 4.78 is 41.4. The van der Waals surface area contributed by atoms with Crippen LogP contribution in [0.5, 0.6) is 5.88 Å². The molecule has 142 valence electrons. The number of carbonyl (C=O) groups excluding carboxylic acids is 1. The molecule has 11 heteroatoms. The summed E-state index contributed by atoms with van der Waals surface area (Å²) in [6.07, 6.45) is -3.34. The van der Waals surface area contributed by atoms with Gasteiger partial charge in [0.15, 0.2) is 6.61 Å². The molecule has 3 rings (SSSR count). The zero-order valence-corrected chi connectivity index (χ0v) is 14.7. The van der Waals surface area contributed by atoms with E-state index in [-0.39, 0.29) is 23.5 Å². The van der Waals surface area contributed by atoms with E-state index in [9.17, 15) is 22.8 Å². The maximum absolute atomic E-state index is 12.4. The number of alkyl halides is 3. The van der Waals surface area contributed by atoms with Crippen molar-refractivity contribution in [2.24, 2.45) is 0 Å². The third-order valence-electron chi connectivity index (χ3n) is 3.46. The normalized spacial score (nSPS) is 11.6. The van der Waals surface area contributed by atoms with Gasteiger partial charge in [-0.1, -0.05) is 0 Å². The molecule has 3 aromatic heterocycles. The van der Waals surface area contributed by atoms with Crippen LogP contribution in [-0.2, 0) is 6.54 Å². The van der Waals surface area contributed by atoms with Crippen LogP contribution in [0.1, 0.15) is 16.2 Å². The van der Waals surface area contributed by atoms with Crippen LogP contribution in [0, 0.1) is 0 Å². The van der Waals surface area contributed by atoms with Crippen LogP contribution in [0.25, 0.3) is 10.2 Å². The average Bonchev–Trinajstić information content (AvgIpc) is 3.08. The first kappa shape index (κ1) is 18.8. The van der Waals surface area contributed by atoms with Gasteiger partial charge >= 0.3 is 6.18 Å². The number of hydrogen-bond acceptors (Lipinski definition) is 6. The fourth-order valence-corrected chi connectivity index (χ4v) is 2.99. The standard InChI is InChI=1S/C16H13F3N4O3S/c1-23(7-11-21-10-4-5-27-13(10)14(24)22-11)15(25)9-2-3-12(20-6-9)26-8-16(17,18)19/h2-6H,7-8H2,1H3,(H,21,22,24). The molecule has 3 heterocycles. The van der Waals surface area contributed by atoms with Crippen LogP contribution in [0.15, 0.2) is 34.6 Å². The Labute approximate surface area is 154 Å². The molecule has 0 radical (unpaired) electrons. The summed E-state index contributed by atoms with van der Waals surface area (Å²) in [6, 6.07) is 4.21. The van der Waals surface area contributed by atoms with Crippen molar-refractivity contribution in [2.75, 3.05) is 13.7 Å². The summed E-state index contributed by atoms with van der Waals surface area (Å²) in [5.41, 5.74) is 0.432. The highest BCUT2D eigenvalue weighted by atomic mass is 32.1. The molecule has 0 spiro atoms. The zero-order chi connectivity index (χ0) is 19.6. The highest BCUT2D eigenvalue weighted by Crippen LogP contribution is 2.18. The molecule has 7 nitrogen and oxygen atoms in total. The number of H-pyrrole nitrogens is 1. The number of ether oxygens (including phenoxy) is 1. The van der Waals surface area contributed by atoms with Gasteiger partial charge in [0.1, 0.15) is 10.5 Å². The minimum atomic E-state index is -4.47. The summed E-state index contributed by atoms with van der Waals surface area (Å²) in [6.45, 7) is -1.41. The first-order valence-corrected chi connectivity index (χ1v) is 8.48. The molecule has 0 aliphatic rings. The van der Waals surface area contributed by atoms with Crippen LogP contribution < -0.4 is 10.3 Å². The predicted molar refractivity (Wildman–Crippen MR) is 91.8 cm³/mol. The first-order valence-electron chi connectivity index (χ1n) is 7.60. The van der Waals surface area contributed by atoms with Crippen molar-refractivity contribution in [2.45, 2.75) is 12.7 Å². The van der Waals surface area contributed by atoms with E-state index in [1.54, 1.807) is 11.4 Å². The van der Waals surface area contributed by atoms with Gasteiger partial charge in [0.05, 0.1) is 17.6 Å². The predicted octanol–water partition coefficient (Wildman–Crippen LogP) is 2.59. The number of amides is 1. The smallest absolute Gasteiger partial charge is 0.422 e. The molecule has 0 unspecified atom stereocenters. The molecule has 0 aliphatic heterocycles. The number of hydrogen-bond donors (Lipinski definition) is 1. The Bertz CT molecular complexity index is 1010. The number of thiophene rings is 1. The molecule has 0 saturated carbocycles. The SMILES string of the molecule is CN(Cc1nc2ccsc2c(=O)[nH]1)C(=O)c1ccc(OCC(F)(F)F)nc1. The van der Waals surface area contributed by atoms with Gasteiger partial charge < -0.3 is 14.6 Å². The molecule has 0 aliphatic carbocycles. The van der Waals surface area contributed by atoms with E-state index in [1.807, 2.05) is 0 Å². The zero-order valence-electron chi connectivity index (χ0n) is 13.9. The summed E-state index contributed by atoms with van der Waals surface area (Å²) in [5, 5.41) is 1.75. The second-order valence-electron chi connectivity index (χ2n) is 5.60. The number of halogens is 3. The molecule has 0 aromatic carbocycles. The molecule has 0 saturated heterocycles. The Morgan fingerprint density at radius 2 is 2.11 bits per heavy atom. The number of carbonyl (C=O) groups is 1. The number of nitrogens with one attached hydrogen (secondary N) is 1. The Morgan fingerprint density at radius 1 is 1.33 bits per heavy atom. The van der Waals surface area contributed by atoms with Gasteiger partial charge in [-0.2, -0.15) is 13.2 Å². The molecule has 0 bridgehead atoms. The molecule has 1 amide bonds. The van der Waals surface area contributed by atoms with E-state index < -0.39 is 18.7 Å². The van der Waals surface area contributed by atoms with Crippen LogP contribution >= 0.6 is 11.3 Å². The van der Waals surface area contributed by atoms with E-state index in [0.29, 0.717) is 16.0 Å². The van der Waals surface area contributed by atoms with Crippen molar-refractivity contribution in [1.82, 2.24) is 19.9 Å². The number of nitrogens with zero attached hydrogens (tertiary/aromatic N) is 3. The Balaban J connectivity index is 1.68. The monoisotopic (exact) mass is 398 g/mol. The van der Waals surface area contributed by atoms with Crippen molar-refractivity contribution in [3.05, 3.63) is 51.5 Å². The lowest BCUT2D eigenvalue weighted by atomic mass is 10.2. The quantitative estimate of drug-likeness (QED) is 0.714. The Hall–Kier alpha value is -2.95. The van der Waals surface area contributed by atoms with E-state index >= 15 is 0 Å². The summed E-state index contributed by atoms with van der Waals surface area (Å²) in [4.78, 5) is 36.3. The van der Waals surface area contributed by atoms with Crippen molar-refractivity contribution < 1.29 is 22.7 Å². The van der Waals surface area contributed by atoms with Crippen molar-refractivity contribution in [3.8, 4) is 5.88 Å². The number of rotatable bonds is 5. The summed E-state index contributed by atoms with van der Waals surface area (Å²) in [7, 11) is 1.51. The number of pyridine rings is 1. The Kier molecular flexibility index (Phi) is 5.13. The highest BCUT2D eigenvalue weighted by Gasteiger charge is 2.28. The van der Waals surface area contributed by atoms with Crippen LogP contribution in [0.3, 0.4) is 0 Å². The van der Waals surface area contributed by atoms with Gasteiger partial charge in [-0.05, 0) is 17.5 Å². The molecule has 0 fully saturated rings. The van der Waals surface area contributed by atoms with Gasteiger partial charge in [-0.25, -0.2) is 9.97 Å². The van der Waals surface area contributed by atoms with Gasteiger partial charge in [0.25, 0.3) is 11.5 Å². The van der Waals surface area contributed by atoms with Crippen LogP contribution in [0.2, 0.25) is 0 Å². The fraction of sp³-hybridized carbons (Fsp3) is 0.250. The second-order valence-corrected chi connectivity index (χ2v) is 6.51. The number of fused-ring (bicyclic) bond motifs is 1. The second kappa shape index (κ2) is 7.35. The van der Waals surface area contributed by atoms with Crippen molar-refractivity contribution in [1.29, 1.82) is 0 Å². The van der Waals surface area contributed by atoms with Gasteiger partial charge in [0, 0.05) is 19.3 Å². The summed E-state index contributed by atoms with van der Waals surface area (Å²) in [5.74, 6) is -0.349. The molecule has 1 N–H and O–H groups in total. The van der Waals surface area contributed by atoms with E-state index in [1.165, 1.54) is 35.4 Å². The minimum Gasteiger partial charge on any atom is -0.468 e.